The van der Waals surface area contributed by atoms with Gasteiger partial charge in [-0.05, 0) is 12.8 Å². The second-order valence-corrected chi connectivity index (χ2v) is 4.04. The SMILES string of the molecule is O=C(NC1CCCC1Br)C(F)F. The van der Waals surface area contributed by atoms with E-state index in [1.807, 2.05) is 0 Å². The Kier molecular flexibility index (Phi) is 3.43. The van der Waals surface area contributed by atoms with E-state index in [2.05, 4.69) is 21.2 Å². The van der Waals surface area contributed by atoms with Gasteiger partial charge >= 0.3 is 6.43 Å². The molecule has 1 N–H and O–H groups in total. The van der Waals surface area contributed by atoms with Gasteiger partial charge in [0, 0.05) is 10.9 Å². The van der Waals surface area contributed by atoms with E-state index in [-0.39, 0.29) is 10.9 Å². The minimum Gasteiger partial charge on any atom is -0.347 e. The van der Waals surface area contributed by atoms with E-state index >= 15 is 0 Å². The van der Waals surface area contributed by atoms with Gasteiger partial charge in [-0.3, -0.25) is 4.79 Å². The van der Waals surface area contributed by atoms with Crippen LogP contribution in [-0.2, 0) is 4.79 Å². The lowest BCUT2D eigenvalue weighted by molar-refractivity contribution is -0.132. The Morgan fingerprint density at radius 3 is 2.58 bits per heavy atom. The molecule has 0 aromatic rings. The largest absolute Gasteiger partial charge is 0.347 e. The molecule has 1 saturated carbocycles. The number of alkyl halides is 3. The summed E-state index contributed by atoms with van der Waals surface area (Å²) in [6.45, 7) is 0. The summed E-state index contributed by atoms with van der Waals surface area (Å²) in [6.07, 6.45) is -0.197. The molecular formula is C7H10BrF2NO. The van der Waals surface area contributed by atoms with Gasteiger partial charge in [-0.2, -0.15) is 8.78 Å². The van der Waals surface area contributed by atoms with Gasteiger partial charge in [0.1, 0.15) is 0 Å². The van der Waals surface area contributed by atoms with Gasteiger partial charge in [-0.25, -0.2) is 0 Å². The highest BCUT2D eigenvalue weighted by atomic mass is 79.9. The van der Waals surface area contributed by atoms with Crippen molar-refractivity contribution in [2.45, 2.75) is 36.6 Å². The number of nitrogens with one attached hydrogen (secondary N) is 1. The van der Waals surface area contributed by atoms with Crippen molar-refractivity contribution >= 4 is 21.8 Å². The molecule has 0 radical (unpaired) electrons. The molecule has 0 bridgehead atoms. The lowest BCUT2D eigenvalue weighted by atomic mass is 10.2. The van der Waals surface area contributed by atoms with Crippen LogP contribution in [-0.4, -0.2) is 23.2 Å². The summed E-state index contributed by atoms with van der Waals surface area (Å²) in [7, 11) is 0. The summed E-state index contributed by atoms with van der Waals surface area (Å²) in [5.41, 5.74) is 0. The van der Waals surface area contributed by atoms with Crippen LogP contribution >= 0.6 is 15.9 Å². The maximum atomic E-state index is 11.8. The second kappa shape index (κ2) is 4.16. The summed E-state index contributed by atoms with van der Waals surface area (Å²) >= 11 is 3.32. The molecule has 0 spiro atoms. The Bertz CT molecular complexity index is 177. The number of halogens is 3. The average Bonchev–Trinajstić information content (AvgIpc) is 2.36. The number of hydrogen-bond acceptors (Lipinski definition) is 1. The summed E-state index contributed by atoms with van der Waals surface area (Å²) in [5.74, 6) is -1.16. The number of hydrogen-bond donors (Lipinski definition) is 1. The third-order valence-corrected chi connectivity index (χ3v) is 3.05. The molecule has 2 unspecified atom stereocenters. The first-order valence-electron chi connectivity index (χ1n) is 3.84. The molecule has 0 heterocycles. The molecule has 2 atom stereocenters. The summed E-state index contributed by atoms with van der Waals surface area (Å²) < 4.78 is 23.6. The zero-order valence-electron chi connectivity index (χ0n) is 6.40. The molecule has 70 valence electrons. The fourth-order valence-electron chi connectivity index (χ4n) is 1.32. The Morgan fingerprint density at radius 1 is 1.50 bits per heavy atom. The van der Waals surface area contributed by atoms with Gasteiger partial charge in [0.05, 0.1) is 0 Å². The molecule has 1 rings (SSSR count). The maximum Gasteiger partial charge on any atom is 0.315 e. The molecule has 1 aliphatic rings. The van der Waals surface area contributed by atoms with Crippen molar-refractivity contribution in [1.82, 2.24) is 5.32 Å². The van der Waals surface area contributed by atoms with Crippen LogP contribution in [0, 0.1) is 0 Å². The average molecular weight is 242 g/mol. The van der Waals surface area contributed by atoms with Crippen molar-refractivity contribution < 1.29 is 13.6 Å². The normalized spacial score (nSPS) is 29.3. The predicted octanol–water partition coefficient (Wildman–Crippen LogP) is 1.68. The van der Waals surface area contributed by atoms with Gasteiger partial charge in [-0.15, -0.1) is 0 Å². The monoisotopic (exact) mass is 241 g/mol. The van der Waals surface area contributed by atoms with Crippen molar-refractivity contribution in [3.05, 3.63) is 0 Å². The summed E-state index contributed by atoms with van der Waals surface area (Å²) in [6, 6.07) is -0.119. The van der Waals surface area contributed by atoms with Crippen LogP contribution in [0.3, 0.4) is 0 Å². The molecule has 0 aromatic carbocycles. The topological polar surface area (TPSA) is 29.1 Å². The van der Waals surface area contributed by atoms with Crippen molar-refractivity contribution in [3.8, 4) is 0 Å². The minimum atomic E-state index is -2.90. The first-order chi connectivity index (χ1) is 5.61. The summed E-state index contributed by atoms with van der Waals surface area (Å²) in [5, 5.41) is 2.29. The van der Waals surface area contributed by atoms with E-state index in [1.54, 1.807) is 0 Å². The number of carbonyl (C=O) groups excluding carboxylic acids is 1. The molecule has 0 saturated heterocycles. The quantitative estimate of drug-likeness (QED) is 0.733. The van der Waals surface area contributed by atoms with Crippen LogP contribution < -0.4 is 5.32 Å². The fourth-order valence-corrected chi connectivity index (χ4v) is 2.04. The van der Waals surface area contributed by atoms with E-state index < -0.39 is 12.3 Å². The number of amides is 1. The number of rotatable bonds is 2. The van der Waals surface area contributed by atoms with Crippen LogP contribution in [0.25, 0.3) is 0 Å². The van der Waals surface area contributed by atoms with Crippen molar-refractivity contribution in [2.24, 2.45) is 0 Å². The van der Waals surface area contributed by atoms with Crippen LogP contribution in [0.2, 0.25) is 0 Å². The fraction of sp³-hybridized carbons (Fsp3) is 0.857. The third kappa shape index (κ3) is 2.40. The lowest BCUT2D eigenvalue weighted by Gasteiger charge is -2.15. The molecule has 1 amide bonds. The third-order valence-electron chi connectivity index (χ3n) is 1.96. The highest BCUT2D eigenvalue weighted by molar-refractivity contribution is 9.09. The van der Waals surface area contributed by atoms with Crippen molar-refractivity contribution in [3.63, 3.8) is 0 Å². The van der Waals surface area contributed by atoms with E-state index in [9.17, 15) is 13.6 Å². The van der Waals surface area contributed by atoms with Crippen LogP contribution in [0.1, 0.15) is 19.3 Å². The van der Waals surface area contributed by atoms with Gasteiger partial charge in [-0.1, -0.05) is 22.4 Å². The standard InChI is InChI=1S/C7H10BrF2NO/c8-4-2-1-3-5(4)11-7(12)6(9)10/h4-6H,1-3H2,(H,11,12). The zero-order chi connectivity index (χ0) is 9.14. The summed E-state index contributed by atoms with van der Waals surface area (Å²) in [4.78, 5) is 10.7. The second-order valence-electron chi connectivity index (χ2n) is 2.86. The Labute approximate surface area is 77.8 Å². The Morgan fingerprint density at radius 2 is 2.17 bits per heavy atom. The Hall–Kier alpha value is -0.190. The molecule has 0 aliphatic heterocycles. The smallest absolute Gasteiger partial charge is 0.315 e. The Balaban J connectivity index is 2.35. The van der Waals surface area contributed by atoms with Gasteiger partial charge in [0.15, 0.2) is 0 Å². The highest BCUT2D eigenvalue weighted by Crippen LogP contribution is 2.25. The molecule has 5 heteroatoms. The van der Waals surface area contributed by atoms with Crippen molar-refractivity contribution in [2.75, 3.05) is 0 Å². The van der Waals surface area contributed by atoms with E-state index in [0.717, 1.165) is 19.3 Å². The molecule has 1 fully saturated rings. The maximum absolute atomic E-state index is 11.8. The van der Waals surface area contributed by atoms with Crippen LogP contribution in [0.4, 0.5) is 8.78 Å². The first-order valence-corrected chi connectivity index (χ1v) is 4.75. The van der Waals surface area contributed by atoms with E-state index in [0.29, 0.717) is 0 Å². The van der Waals surface area contributed by atoms with Crippen LogP contribution in [0.15, 0.2) is 0 Å². The van der Waals surface area contributed by atoms with E-state index in [1.165, 1.54) is 0 Å². The predicted molar refractivity (Wildman–Crippen MR) is 44.5 cm³/mol. The highest BCUT2D eigenvalue weighted by Gasteiger charge is 2.28. The van der Waals surface area contributed by atoms with E-state index in [4.69, 9.17) is 0 Å². The molecule has 0 aromatic heterocycles. The molecule has 12 heavy (non-hydrogen) atoms. The van der Waals surface area contributed by atoms with Gasteiger partial charge in [0.2, 0.25) is 0 Å². The lowest BCUT2D eigenvalue weighted by Crippen LogP contribution is -2.40. The molecule has 1 aliphatic carbocycles. The number of carbonyl (C=O) groups is 1. The molecular weight excluding hydrogens is 232 g/mol. The van der Waals surface area contributed by atoms with Crippen LogP contribution in [0.5, 0.6) is 0 Å². The molecule has 2 nitrogen and oxygen atoms in total. The van der Waals surface area contributed by atoms with Gasteiger partial charge in [0.25, 0.3) is 5.91 Å². The minimum absolute atomic E-state index is 0.119. The zero-order valence-corrected chi connectivity index (χ0v) is 7.98. The van der Waals surface area contributed by atoms with Gasteiger partial charge < -0.3 is 5.32 Å². The van der Waals surface area contributed by atoms with Crippen molar-refractivity contribution in [1.29, 1.82) is 0 Å². The first kappa shape index (κ1) is 9.89.